The number of sulfonamides is 1. The summed E-state index contributed by atoms with van der Waals surface area (Å²) in [7, 11) is -3.84. The summed E-state index contributed by atoms with van der Waals surface area (Å²) in [6.07, 6.45) is 0.682. The Hall–Kier alpha value is -2.29. The van der Waals surface area contributed by atoms with Gasteiger partial charge in [0.05, 0.1) is 10.9 Å². The number of rotatable bonds is 3. The minimum absolute atomic E-state index is 0.0848. The summed E-state index contributed by atoms with van der Waals surface area (Å²) in [6.45, 7) is 1.73. The number of carbonyl (C=O) groups excluding carboxylic acids is 1. The molecule has 1 unspecified atom stereocenters. The van der Waals surface area contributed by atoms with Gasteiger partial charge >= 0.3 is 0 Å². The number of halogens is 1. The summed E-state index contributed by atoms with van der Waals surface area (Å²) in [5, 5.41) is 5.91. The molecule has 0 spiro atoms. The second-order valence-corrected chi connectivity index (χ2v) is 8.61. The van der Waals surface area contributed by atoms with E-state index in [0.29, 0.717) is 37.2 Å². The van der Waals surface area contributed by atoms with Gasteiger partial charge in [-0.1, -0.05) is 18.2 Å². The number of amides is 1. The molecule has 1 atom stereocenters. The minimum Gasteiger partial charge on any atom is -0.352 e. The largest absolute Gasteiger partial charge is 0.352 e. The third kappa shape index (κ3) is 3.36. The Balaban J connectivity index is 1.73. The molecular weight excluding hydrogens is 369 g/mol. The smallest absolute Gasteiger partial charge is 0.251 e. The number of fused-ring (bicyclic) bond motifs is 1. The number of nitrogens with one attached hydrogen (secondary N) is 2. The molecule has 0 radical (unpaired) electrons. The fourth-order valence-electron chi connectivity index (χ4n) is 3.66. The van der Waals surface area contributed by atoms with Crippen LogP contribution in [0.4, 0.5) is 4.39 Å². The van der Waals surface area contributed by atoms with E-state index in [-0.39, 0.29) is 17.3 Å². The molecule has 8 heteroatoms. The lowest BCUT2D eigenvalue weighted by atomic mass is 10.0. The maximum Gasteiger partial charge on any atom is 0.251 e. The normalized spacial score (nSPS) is 20.8. The number of nitrogens with zero attached hydrogens (tertiary/aromatic N) is 1. The van der Waals surface area contributed by atoms with Gasteiger partial charge in [0, 0.05) is 31.7 Å². The van der Waals surface area contributed by atoms with Gasteiger partial charge in [0.25, 0.3) is 5.91 Å². The number of carbonyl (C=O) groups is 1. The lowest BCUT2D eigenvalue weighted by Crippen LogP contribution is -2.48. The molecule has 2 heterocycles. The monoisotopic (exact) mass is 389 g/mol. The van der Waals surface area contributed by atoms with Crippen LogP contribution < -0.4 is 10.6 Å². The van der Waals surface area contributed by atoms with Crippen LogP contribution in [0, 0.1) is 5.82 Å². The zero-order chi connectivity index (χ0) is 19.0. The zero-order valence-corrected chi connectivity index (χ0v) is 15.4. The number of hydrogen-bond acceptors (Lipinski definition) is 4. The van der Waals surface area contributed by atoms with Gasteiger partial charge in [-0.3, -0.25) is 4.79 Å². The van der Waals surface area contributed by atoms with Gasteiger partial charge in [0.2, 0.25) is 10.0 Å². The Bertz CT molecular complexity index is 993. The van der Waals surface area contributed by atoms with Crippen molar-refractivity contribution in [2.45, 2.75) is 17.4 Å². The molecule has 1 fully saturated rings. The summed E-state index contributed by atoms with van der Waals surface area (Å²) in [5.41, 5.74) is 1.85. The van der Waals surface area contributed by atoms with Crippen molar-refractivity contribution in [1.82, 2.24) is 14.9 Å². The van der Waals surface area contributed by atoms with Crippen LogP contribution in [0.1, 0.15) is 27.5 Å². The van der Waals surface area contributed by atoms with Crippen LogP contribution in [-0.4, -0.2) is 44.8 Å². The second kappa shape index (κ2) is 7.03. The predicted octanol–water partition coefficient (Wildman–Crippen LogP) is 1.45. The summed E-state index contributed by atoms with van der Waals surface area (Å²) < 4.78 is 41.7. The van der Waals surface area contributed by atoms with Crippen LogP contribution in [-0.2, 0) is 16.4 Å². The number of benzene rings is 2. The first-order chi connectivity index (χ1) is 13.0. The second-order valence-electron chi connectivity index (χ2n) is 6.72. The molecule has 0 saturated carbocycles. The van der Waals surface area contributed by atoms with Crippen LogP contribution in [0.15, 0.2) is 47.4 Å². The molecule has 6 nitrogen and oxygen atoms in total. The van der Waals surface area contributed by atoms with Crippen LogP contribution in [0.5, 0.6) is 0 Å². The van der Waals surface area contributed by atoms with Crippen molar-refractivity contribution in [3.8, 4) is 0 Å². The summed E-state index contributed by atoms with van der Waals surface area (Å²) in [4.78, 5) is 12.2. The van der Waals surface area contributed by atoms with Crippen molar-refractivity contribution >= 4 is 15.9 Å². The van der Waals surface area contributed by atoms with Gasteiger partial charge in [-0.15, -0.1) is 0 Å². The lowest BCUT2D eigenvalue weighted by Gasteiger charge is -2.35. The van der Waals surface area contributed by atoms with Crippen molar-refractivity contribution in [1.29, 1.82) is 0 Å². The molecule has 0 aromatic heterocycles. The van der Waals surface area contributed by atoms with Gasteiger partial charge in [0.1, 0.15) is 5.82 Å². The highest BCUT2D eigenvalue weighted by Gasteiger charge is 2.35. The first kappa shape index (κ1) is 18.1. The molecule has 2 N–H and O–H groups in total. The minimum atomic E-state index is -3.84. The Labute approximate surface area is 157 Å². The summed E-state index contributed by atoms with van der Waals surface area (Å²) >= 11 is 0. The molecule has 2 aliphatic heterocycles. The molecule has 0 aliphatic carbocycles. The first-order valence-electron chi connectivity index (χ1n) is 8.86. The molecule has 142 valence electrons. The fraction of sp³-hybridized carbons (Fsp3) is 0.316. The molecule has 2 aromatic rings. The van der Waals surface area contributed by atoms with E-state index >= 15 is 0 Å². The highest BCUT2D eigenvalue weighted by molar-refractivity contribution is 7.89. The van der Waals surface area contributed by atoms with E-state index in [1.807, 2.05) is 0 Å². The molecule has 1 amide bonds. The van der Waals surface area contributed by atoms with E-state index in [1.54, 1.807) is 24.3 Å². The molecule has 2 aliphatic rings. The molecule has 2 aromatic carbocycles. The third-order valence-corrected chi connectivity index (χ3v) is 6.94. The van der Waals surface area contributed by atoms with Gasteiger partial charge in [0.15, 0.2) is 0 Å². The highest BCUT2D eigenvalue weighted by Crippen LogP contribution is 2.30. The average molecular weight is 389 g/mol. The van der Waals surface area contributed by atoms with Crippen LogP contribution in [0.3, 0.4) is 0 Å². The molecule has 1 saturated heterocycles. The number of piperazine rings is 1. The Morgan fingerprint density at radius 1 is 1.11 bits per heavy atom. The van der Waals surface area contributed by atoms with Crippen LogP contribution in [0.25, 0.3) is 0 Å². The average Bonchev–Trinajstić information content (AvgIpc) is 2.68. The van der Waals surface area contributed by atoms with Gasteiger partial charge in [-0.05, 0) is 41.8 Å². The predicted molar refractivity (Wildman–Crippen MR) is 98.4 cm³/mol. The van der Waals surface area contributed by atoms with Crippen LogP contribution >= 0.6 is 0 Å². The molecular formula is C19H20FN3O3S. The molecule has 4 rings (SSSR count). The first-order valence-corrected chi connectivity index (χ1v) is 10.3. The third-order valence-electron chi connectivity index (χ3n) is 5.04. The summed E-state index contributed by atoms with van der Waals surface area (Å²) in [6, 6.07) is 10.2. The van der Waals surface area contributed by atoms with Crippen molar-refractivity contribution in [3.63, 3.8) is 0 Å². The van der Waals surface area contributed by atoms with E-state index < -0.39 is 21.9 Å². The van der Waals surface area contributed by atoms with Crippen molar-refractivity contribution in [3.05, 3.63) is 65.0 Å². The van der Waals surface area contributed by atoms with E-state index in [1.165, 1.54) is 22.5 Å². The Kier molecular flexibility index (Phi) is 4.71. The van der Waals surface area contributed by atoms with E-state index in [9.17, 15) is 17.6 Å². The van der Waals surface area contributed by atoms with Crippen molar-refractivity contribution in [2.75, 3.05) is 26.2 Å². The number of hydrogen-bond donors (Lipinski definition) is 2. The maximum atomic E-state index is 13.7. The van der Waals surface area contributed by atoms with Crippen molar-refractivity contribution < 1.29 is 17.6 Å². The molecule has 27 heavy (non-hydrogen) atoms. The van der Waals surface area contributed by atoms with Gasteiger partial charge in [-0.2, -0.15) is 4.31 Å². The highest BCUT2D eigenvalue weighted by atomic mass is 32.2. The van der Waals surface area contributed by atoms with E-state index in [0.717, 1.165) is 5.56 Å². The van der Waals surface area contributed by atoms with Gasteiger partial charge in [-0.25, -0.2) is 12.8 Å². The quantitative estimate of drug-likeness (QED) is 0.833. The van der Waals surface area contributed by atoms with Crippen molar-refractivity contribution in [2.24, 2.45) is 0 Å². The SMILES string of the molecule is O=C1NCCc2ccc(S(=O)(=O)N3CCNCC3c3cccc(F)c3)cc21. The Morgan fingerprint density at radius 3 is 2.78 bits per heavy atom. The molecule has 0 bridgehead atoms. The van der Waals surface area contributed by atoms with E-state index in [2.05, 4.69) is 10.6 Å². The fourth-order valence-corrected chi connectivity index (χ4v) is 5.30. The topological polar surface area (TPSA) is 78.5 Å². The van der Waals surface area contributed by atoms with E-state index in [4.69, 9.17) is 0 Å². The zero-order valence-electron chi connectivity index (χ0n) is 14.6. The van der Waals surface area contributed by atoms with Crippen LogP contribution in [0.2, 0.25) is 0 Å². The van der Waals surface area contributed by atoms with Gasteiger partial charge < -0.3 is 10.6 Å². The standard InChI is InChI=1S/C19H20FN3O3S/c20-15-3-1-2-14(10-15)18-12-21-8-9-23(18)27(25,26)16-5-4-13-6-7-22-19(24)17(13)11-16/h1-5,10-11,18,21H,6-9,12H2,(H,22,24). The lowest BCUT2D eigenvalue weighted by molar-refractivity contribution is 0.0945. The maximum absolute atomic E-state index is 13.7. The Morgan fingerprint density at radius 2 is 1.96 bits per heavy atom. The summed E-state index contributed by atoms with van der Waals surface area (Å²) in [5.74, 6) is -0.656.